The van der Waals surface area contributed by atoms with Gasteiger partial charge in [-0.1, -0.05) is 40.7 Å². The van der Waals surface area contributed by atoms with Gasteiger partial charge in [0.05, 0.1) is 23.9 Å². The molecule has 1 unspecified atom stereocenters. The van der Waals surface area contributed by atoms with Crippen molar-refractivity contribution >= 4 is 27.7 Å². The number of esters is 1. The average molecular weight is 583 g/mol. The van der Waals surface area contributed by atoms with Crippen molar-refractivity contribution in [2.75, 3.05) is 6.61 Å². The molecular formula is C27H35BrO9. The summed E-state index contributed by atoms with van der Waals surface area (Å²) < 4.78 is 24.2. The van der Waals surface area contributed by atoms with Crippen LogP contribution in [0.4, 0.5) is 0 Å². The van der Waals surface area contributed by atoms with Crippen molar-refractivity contribution < 1.29 is 43.9 Å². The molecule has 3 saturated heterocycles. The number of hydrogen-bond donors (Lipinski definition) is 3. The second-order valence-electron chi connectivity index (χ2n) is 9.97. The van der Waals surface area contributed by atoms with Crippen molar-refractivity contribution in [2.24, 2.45) is 0 Å². The molecular weight excluding hydrogens is 548 g/mol. The highest BCUT2D eigenvalue weighted by Crippen LogP contribution is 2.40. The van der Waals surface area contributed by atoms with Crippen molar-refractivity contribution in [1.82, 2.24) is 0 Å². The Balaban J connectivity index is 1.30. The van der Waals surface area contributed by atoms with Crippen LogP contribution in [0.5, 0.6) is 0 Å². The van der Waals surface area contributed by atoms with Crippen LogP contribution in [-0.4, -0.2) is 88.6 Å². The lowest BCUT2D eigenvalue weighted by Gasteiger charge is -2.46. The molecule has 10 heteroatoms. The lowest BCUT2D eigenvalue weighted by atomic mass is 9.88. The fourth-order valence-corrected chi connectivity index (χ4v) is 5.70. The number of benzene rings is 1. The molecule has 9 atom stereocenters. The first kappa shape index (κ1) is 28.4. The van der Waals surface area contributed by atoms with E-state index in [-0.39, 0.29) is 37.4 Å². The minimum Gasteiger partial charge on any atom is -0.458 e. The molecule has 3 aliphatic heterocycles. The summed E-state index contributed by atoms with van der Waals surface area (Å²) in [6, 6.07) is 8.63. The van der Waals surface area contributed by atoms with Gasteiger partial charge >= 0.3 is 5.97 Å². The van der Waals surface area contributed by atoms with Gasteiger partial charge in [0, 0.05) is 25.9 Å². The zero-order chi connectivity index (χ0) is 26.5. The van der Waals surface area contributed by atoms with Crippen LogP contribution in [0.2, 0.25) is 0 Å². The predicted molar refractivity (Wildman–Crippen MR) is 136 cm³/mol. The number of Topliss-reactive ketones (excluding diaryl/α,β-unsaturated/α-hetero) is 1. The first-order valence-electron chi connectivity index (χ1n) is 12.8. The Kier molecular flexibility index (Phi) is 9.90. The number of ketones is 1. The standard InChI is InChI=1S/C27H35BrO9/c1-15(28)13-19(35-27(33)16-5-3-2-4-6-16)8-7-17(30)14-21-22(31)25-26(37-21)23(32)24-20(36-25)10-9-18(34-24)11-12-29/h2-6,18-26,29,31-32H,1,7-14H2/t18-,19-,20+,21-,22?,23+,24+,25+,26+/m1/s1. The van der Waals surface area contributed by atoms with Crippen LogP contribution < -0.4 is 0 Å². The SMILES string of the molecule is C=C(Br)C[C@@H](CCC(=O)C[C@H]1O[C@H]2[C@@H](O)[C@H]3O[C@@H](CCO)CC[C@@H]3O[C@H]2C1O)OC(=O)c1ccccc1. The number of halogens is 1. The van der Waals surface area contributed by atoms with Crippen molar-refractivity contribution in [2.45, 2.75) is 99.9 Å². The molecule has 0 aliphatic carbocycles. The molecule has 204 valence electrons. The second-order valence-corrected chi connectivity index (χ2v) is 11.1. The second kappa shape index (κ2) is 12.9. The summed E-state index contributed by atoms with van der Waals surface area (Å²) in [4.78, 5) is 25.3. The first-order chi connectivity index (χ1) is 17.8. The molecule has 0 saturated carbocycles. The summed E-state index contributed by atoms with van der Waals surface area (Å²) in [5.74, 6) is -0.628. The van der Waals surface area contributed by atoms with E-state index in [0.717, 1.165) is 0 Å². The molecule has 4 rings (SSSR count). The Morgan fingerprint density at radius 2 is 1.78 bits per heavy atom. The predicted octanol–water partition coefficient (Wildman–Crippen LogP) is 2.44. The molecule has 3 aliphatic rings. The van der Waals surface area contributed by atoms with Gasteiger partial charge in [-0.05, 0) is 42.3 Å². The number of fused-ring (bicyclic) bond motifs is 2. The molecule has 3 fully saturated rings. The highest BCUT2D eigenvalue weighted by molar-refractivity contribution is 9.11. The van der Waals surface area contributed by atoms with Gasteiger partial charge < -0.3 is 34.3 Å². The molecule has 9 nitrogen and oxygen atoms in total. The monoisotopic (exact) mass is 582 g/mol. The third kappa shape index (κ3) is 7.06. The Morgan fingerprint density at radius 1 is 1.05 bits per heavy atom. The molecule has 1 aromatic carbocycles. The van der Waals surface area contributed by atoms with Gasteiger partial charge in [-0.3, -0.25) is 4.79 Å². The number of hydrogen-bond acceptors (Lipinski definition) is 9. The van der Waals surface area contributed by atoms with Crippen LogP contribution >= 0.6 is 15.9 Å². The summed E-state index contributed by atoms with van der Waals surface area (Å²) in [6.07, 6.45) is -3.59. The number of ether oxygens (including phenoxy) is 4. The van der Waals surface area contributed by atoms with E-state index in [9.17, 15) is 24.9 Å². The normalized spacial score (nSPS) is 33.7. The van der Waals surface area contributed by atoms with Crippen molar-refractivity contribution in [1.29, 1.82) is 0 Å². The Bertz CT molecular complexity index is 941. The summed E-state index contributed by atoms with van der Waals surface area (Å²) in [6.45, 7) is 3.82. The fourth-order valence-electron chi connectivity index (χ4n) is 5.34. The van der Waals surface area contributed by atoms with Gasteiger partial charge in [0.2, 0.25) is 0 Å². The van der Waals surface area contributed by atoms with E-state index in [0.29, 0.717) is 42.1 Å². The van der Waals surface area contributed by atoms with Gasteiger partial charge in [-0.2, -0.15) is 0 Å². The molecule has 37 heavy (non-hydrogen) atoms. The lowest BCUT2D eigenvalue weighted by molar-refractivity contribution is -0.260. The number of rotatable bonds is 11. The minimum atomic E-state index is -1.06. The molecule has 0 spiro atoms. The molecule has 0 bridgehead atoms. The van der Waals surface area contributed by atoms with E-state index >= 15 is 0 Å². The van der Waals surface area contributed by atoms with Crippen LogP contribution in [0, 0.1) is 0 Å². The largest absolute Gasteiger partial charge is 0.458 e. The Labute approximate surface area is 224 Å². The fraction of sp³-hybridized carbons (Fsp3) is 0.630. The molecule has 0 amide bonds. The zero-order valence-electron chi connectivity index (χ0n) is 20.6. The van der Waals surface area contributed by atoms with Crippen LogP contribution in [0.1, 0.15) is 55.3 Å². The van der Waals surface area contributed by atoms with Gasteiger partial charge in [-0.25, -0.2) is 4.79 Å². The van der Waals surface area contributed by atoms with Crippen LogP contribution in [0.3, 0.4) is 0 Å². The summed E-state index contributed by atoms with van der Waals surface area (Å²) in [7, 11) is 0. The van der Waals surface area contributed by atoms with Crippen LogP contribution in [-0.2, 0) is 23.7 Å². The van der Waals surface area contributed by atoms with Crippen molar-refractivity contribution in [3.8, 4) is 0 Å². The molecule has 3 heterocycles. The topological polar surface area (TPSA) is 132 Å². The Morgan fingerprint density at radius 3 is 2.49 bits per heavy atom. The van der Waals surface area contributed by atoms with Gasteiger partial charge in [0.25, 0.3) is 0 Å². The number of aliphatic hydroxyl groups excluding tert-OH is 3. The van der Waals surface area contributed by atoms with E-state index in [1.807, 2.05) is 6.07 Å². The third-order valence-corrected chi connectivity index (χ3v) is 7.55. The van der Waals surface area contributed by atoms with Gasteiger partial charge in [0.15, 0.2) is 0 Å². The van der Waals surface area contributed by atoms with E-state index in [4.69, 9.17) is 18.9 Å². The van der Waals surface area contributed by atoms with Gasteiger partial charge in [0.1, 0.15) is 42.4 Å². The molecule has 0 aromatic heterocycles. The Hall–Kier alpha value is -1.66. The van der Waals surface area contributed by atoms with E-state index in [1.165, 1.54) is 0 Å². The maximum absolute atomic E-state index is 12.8. The summed E-state index contributed by atoms with van der Waals surface area (Å²) >= 11 is 3.30. The van der Waals surface area contributed by atoms with Crippen LogP contribution in [0.15, 0.2) is 41.4 Å². The quantitative estimate of drug-likeness (QED) is 0.336. The summed E-state index contributed by atoms with van der Waals surface area (Å²) in [5.41, 5.74) is 0.426. The smallest absolute Gasteiger partial charge is 0.338 e. The molecule has 0 radical (unpaired) electrons. The number of carbonyl (C=O) groups excluding carboxylic acids is 2. The minimum absolute atomic E-state index is 0.000520. The molecule has 3 N–H and O–H groups in total. The highest BCUT2D eigenvalue weighted by atomic mass is 79.9. The zero-order valence-corrected chi connectivity index (χ0v) is 22.2. The van der Waals surface area contributed by atoms with E-state index in [2.05, 4.69) is 22.5 Å². The van der Waals surface area contributed by atoms with E-state index < -0.39 is 48.7 Å². The third-order valence-electron chi connectivity index (χ3n) is 7.22. The van der Waals surface area contributed by atoms with Crippen molar-refractivity contribution in [3.05, 3.63) is 47.0 Å². The van der Waals surface area contributed by atoms with Crippen molar-refractivity contribution in [3.63, 3.8) is 0 Å². The van der Waals surface area contributed by atoms with Gasteiger partial charge in [-0.15, -0.1) is 0 Å². The number of aliphatic hydroxyl groups is 3. The first-order valence-corrected chi connectivity index (χ1v) is 13.6. The average Bonchev–Trinajstić information content (AvgIpc) is 3.18. The highest BCUT2D eigenvalue weighted by Gasteiger charge is 2.56. The van der Waals surface area contributed by atoms with Crippen LogP contribution in [0.25, 0.3) is 0 Å². The van der Waals surface area contributed by atoms with E-state index in [1.54, 1.807) is 24.3 Å². The molecule has 1 aromatic rings. The number of carbonyl (C=O) groups is 2. The maximum atomic E-state index is 12.8. The maximum Gasteiger partial charge on any atom is 0.338 e. The summed E-state index contributed by atoms with van der Waals surface area (Å²) in [5, 5.41) is 31.0. The lowest BCUT2D eigenvalue weighted by Crippen LogP contribution is -2.61.